The van der Waals surface area contributed by atoms with Crippen molar-refractivity contribution in [2.24, 2.45) is 5.92 Å². The Morgan fingerprint density at radius 3 is 2.28 bits per heavy atom. The fraction of sp³-hybridized carbons (Fsp3) is 0.700. The largest absolute Gasteiger partial charge is 0.397 e. The summed E-state index contributed by atoms with van der Waals surface area (Å²) in [5.74, 6) is -0.878. The smallest absolute Gasteiger partial charge is 0.183 e. The van der Waals surface area contributed by atoms with Crippen LogP contribution in [0.1, 0.15) is 57.8 Å². The van der Waals surface area contributed by atoms with E-state index >= 15 is 0 Å². The number of anilines is 2. The number of nitrogens with two attached hydrogens (primary N) is 1. The number of hydrogen-bond acceptors (Lipinski definition) is 3. The van der Waals surface area contributed by atoms with Gasteiger partial charge in [-0.3, -0.25) is 0 Å². The highest BCUT2D eigenvalue weighted by molar-refractivity contribution is 5.67. The molecule has 0 spiro atoms. The van der Waals surface area contributed by atoms with Crippen molar-refractivity contribution < 1.29 is 8.78 Å². The molecule has 5 heteroatoms. The zero-order chi connectivity index (χ0) is 17.6. The highest BCUT2D eigenvalue weighted by Gasteiger charge is 2.23. The Morgan fingerprint density at radius 2 is 1.60 bits per heavy atom. The molecule has 1 heterocycles. The van der Waals surface area contributed by atoms with Crippen LogP contribution in [0.15, 0.2) is 12.1 Å². The van der Waals surface area contributed by atoms with Gasteiger partial charge in [-0.1, -0.05) is 32.1 Å². The van der Waals surface area contributed by atoms with Gasteiger partial charge < -0.3 is 16.0 Å². The Kier molecular flexibility index (Phi) is 6.51. The van der Waals surface area contributed by atoms with Crippen LogP contribution < -0.4 is 11.1 Å². The first-order valence-electron chi connectivity index (χ1n) is 9.86. The quantitative estimate of drug-likeness (QED) is 0.767. The van der Waals surface area contributed by atoms with Gasteiger partial charge in [0.1, 0.15) is 0 Å². The molecule has 140 valence electrons. The van der Waals surface area contributed by atoms with Crippen molar-refractivity contribution in [3.05, 3.63) is 23.8 Å². The fourth-order valence-corrected chi connectivity index (χ4v) is 4.26. The minimum atomic E-state index is -0.864. The maximum absolute atomic E-state index is 13.9. The molecule has 3 N–H and O–H groups in total. The maximum atomic E-state index is 13.9. The standard InChI is InChI=1S/C20H31F2N3/c21-17-8-9-18(23)20(19(17)22)24-16-10-12-25(13-11-16)14-15-6-4-2-1-3-5-7-15/h8-9,15-16,24H,1-7,10-14,23H2. The van der Waals surface area contributed by atoms with Gasteiger partial charge in [0.15, 0.2) is 11.6 Å². The van der Waals surface area contributed by atoms with Crippen LogP contribution in [0.3, 0.4) is 0 Å². The number of piperidine rings is 1. The van der Waals surface area contributed by atoms with Crippen LogP contribution in [0.4, 0.5) is 20.2 Å². The van der Waals surface area contributed by atoms with E-state index in [9.17, 15) is 8.78 Å². The second-order valence-electron chi connectivity index (χ2n) is 7.76. The maximum Gasteiger partial charge on any atom is 0.183 e. The third kappa shape index (κ3) is 5.06. The van der Waals surface area contributed by atoms with E-state index < -0.39 is 11.6 Å². The Bertz CT molecular complexity index is 548. The lowest BCUT2D eigenvalue weighted by atomic mass is 9.90. The van der Waals surface area contributed by atoms with Crippen LogP contribution in [0.25, 0.3) is 0 Å². The predicted octanol–water partition coefficient (Wildman–Crippen LogP) is 4.78. The molecule has 0 unspecified atom stereocenters. The number of nitrogen functional groups attached to an aromatic ring is 1. The van der Waals surface area contributed by atoms with E-state index in [2.05, 4.69) is 10.2 Å². The number of nitrogens with one attached hydrogen (secondary N) is 1. The van der Waals surface area contributed by atoms with Crippen LogP contribution >= 0.6 is 0 Å². The summed E-state index contributed by atoms with van der Waals surface area (Å²) in [5, 5.41) is 3.13. The molecule has 1 aromatic carbocycles. The molecule has 1 aliphatic heterocycles. The first-order valence-corrected chi connectivity index (χ1v) is 9.86. The molecule has 2 fully saturated rings. The van der Waals surface area contributed by atoms with Crippen molar-refractivity contribution >= 4 is 11.4 Å². The normalized spacial score (nSPS) is 21.7. The number of hydrogen-bond donors (Lipinski definition) is 2. The lowest BCUT2D eigenvalue weighted by Gasteiger charge is -2.35. The summed E-state index contributed by atoms with van der Waals surface area (Å²) in [4.78, 5) is 2.55. The van der Waals surface area contributed by atoms with Crippen LogP contribution in [-0.4, -0.2) is 30.6 Å². The van der Waals surface area contributed by atoms with Crippen molar-refractivity contribution in [3.8, 4) is 0 Å². The minimum Gasteiger partial charge on any atom is -0.397 e. The zero-order valence-corrected chi connectivity index (χ0v) is 15.1. The SMILES string of the molecule is Nc1ccc(F)c(F)c1NC1CCN(CC2CCCCCCC2)CC1. The van der Waals surface area contributed by atoms with E-state index in [1.807, 2.05) is 0 Å². The second kappa shape index (κ2) is 8.84. The third-order valence-electron chi connectivity index (χ3n) is 5.80. The average molecular weight is 351 g/mol. The van der Waals surface area contributed by atoms with E-state index in [1.165, 1.54) is 57.6 Å². The zero-order valence-electron chi connectivity index (χ0n) is 15.1. The topological polar surface area (TPSA) is 41.3 Å². The van der Waals surface area contributed by atoms with Crippen LogP contribution in [-0.2, 0) is 0 Å². The van der Waals surface area contributed by atoms with Crippen molar-refractivity contribution in [3.63, 3.8) is 0 Å². The fourth-order valence-electron chi connectivity index (χ4n) is 4.26. The van der Waals surface area contributed by atoms with Crippen LogP contribution in [0, 0.1) is 17.6 Å². The summed E-state index contributed by atoms with van der Waals surface area (Å²) in [6.07, 6.45) is 11.6. The van der Waals surface area contributed by atoms with Crippen molar-refractivity contribution in [1.82, 2.24) is 4.90 Å². The molecule has 3 nitrogen and oxygen atoms in total. The molecule has 1 saturated carbocycles. The van der Waals surface area contributed by atoms with Gasteiger partial charge in [-0.25, -0.2) is 8.78 Å². The summed E-state index contributed by atoms with van der Waals surface area (Å²) < 4.78 is 27.4. The Morgan fingerprint density at radius 1 is 0.960 bits per heavy atom. The molecule has 1 aromatic rings. The summed E-state index contributed by atoms with van der Waals surface area (Å²) in [6.45, 7) is 3.24. The molecular formula is C20H31F2N3. The van der Waals surface area contributed by atoms with E-state index in [4.69, 9.17) is 5.73 Å². The molecule has 25 heavy (non-hydrogen) atoms. The molecule has 0 bridgehead atoms. The minimum absolute atomic E-state index is 0.124. The third-order valence-corrected chi connectivity index (χ3v) is 5.80. The van der Waals surface area contributed by atoms with Gasteiger partial charge in [0.2, 0.25) is 0 Å². The Balaban J connectivity index is 1.48. The molecule has 1 aliphatic carbocycles. The summed E-state index contributed by atoms with van der Waals surface area (Å²) >= 11 is 0. The van der Waals surface area contributed by atoms with Gasteiger partial charge in [0.05, 0.1) is 11.4 Å². The number of halogens is 2. The Labute approximate surface area is 150 Å². The molecule has 1 saturated heterocycles. The number of likely N-dealkylation sites (tertiary alicyclic amines) is 1. The van der Waals surface area contributed by atoms with Gasteiger partial charge in [0.25, 0.3) is 0 Å². The average Bonchev–Trinajstić information content (AvgIpc) is 2.59. The predicted molar refractivity (Wildman–Crippen MR) is 99.7 cm³/mol. The lowest BCUT2D eigenvalue weighted by Crippen LogP contribution is -2.41. The van der Waals surface area contributed by atoms with E-state index in [-0.39, 0.29) is 17.4 Å². The van der Waals surface area contributed by atoms with E-state index in [0.29, 0.717) is 0 Å². The van der Waals surface area contributed by atoms with E-state index in [1.54, 1.807) is 0 Å². The molecule has 0 atom stereocenters. The first-order chi connectivity index (χ1) is 12.1. The molecular weight excluding hydrogens is 320 g/mol. The van der Waals surface area contributed by atoms with Crippen molar-refractivity contribution in [2.45, 2.75) is 63.8 Å². The van der Waals surface area contributed by atoms with Gasteiger partial charge in [0, 0.05) is 25.7 Å². The number of benzene rings is 1. The lowest BCUT2D eigenvalue weighted by molar-refractivity contribution is 0.173. The summed E-state index contributed by atoms with van der Waals surface area (Å²) in [6, 6.07) is 2.66. The number of rotatable bonds is 4. The van der Waals surface area contributed by atoms with Crippen molar-refractivity contribution in [1.29, 1.82) is 0 Å². The molecule has 3 rings (SSSR count). The van der Waals surface area contributed by atoms with Crippen LogP contribution in [0.5, 0.6) is 0 Å². The molecule has 0 amide bonds. The van der Waals surface area contributed by atoms with Gasteiger partial charge in [-0.05, 0) is 43.7 Å². The van der Waals surface area contributed by atoms with Crippen LogP contribution in [0.2, 0.25) is 0 Å². The summed E-state index contributed by atoms with van der Waals surface area (Å²) in [5.41, 5.74) is 6.20. The van der Waals surface area contributed by atoms with Gasteiger partial charge in [-0.2, -0.15) is 0 Å². The second-order valence-corrected chi connectivity index (χ2v) is 7.76. The monoisotopic (exact) mass is 351 g/mol. The van der Waals surface area contributed by atoms with Crippen molar-refractivity contribution in [2.75, 3.05) is 30.7 Å². The Hall–Kier alpha value is -1.36. The molecule has 2 aliphatic rings. The van der Waals surface area contributed by atoms with Gasteiger partial charge >= 0.3 is 0 Å². The van der Waals surface area contributed by atoms with E-state index in [0.717, 1.165) is 37.9 Å². The highest BCUT2D eigenvalue weighted by atomic mass is 19.2. The van der Waals surface area contributed by atoms with Gasteiger partial charge in [-0.15, -0.1) is 0 Å². The highest BCUT2D eigenvalue weighted by Crippen LogP contribution is 2.28. The molecule has 0 aromatic heterocycles. The first kappa shape index (κ1) is 18.4. The summed E-state index contributed by atoms with van der Waals surface area (Å²) in [7, 11) is 0. The number of nitrogens with zero attached hydrogens (tertiary/aromatic N) is 1. The molecule has 0 radical (unpaired) electrons.